The number of benzene rings is 1. The quantitative estimate of drug-likeness (QED) is 0.689. The molecular weight excluding hydrogens is 370 g/mol. The Morgan fingerprint density at radius 3 is 2.38 bits per heavy atom. The van der Waals surface area contributed by atoms with Gasteiger partial charge in [-0.15, -0.1) is 0 Å². The number of ether oxygens (including phenoxy) is 4. The number of carbonyl (C=O) groups excluding carboxylic acids is 1. The third kappa shape index (κ3) is 7.96. The minimum Gasteiger partial charge on any atom is -0.444 e. The second-order valence-corrected chi connectivity index (χ2v) is 9.86. The van der Waals surface area contributed by atoms with Crippen LogP contribution in [-0.2, 0) is 25.6 Å². The topological polar surface area (TPSA) is 57.2 Å². The summed E-state index contributed by atoms with van der Waals surface area (Å²) in [6, 6.07) is 9.44. The first kappa shape index (κ1) is 23.6. The highest BCUT2D eigenvalue weighted by molar-refractivity contribution is 5.69. The summed E-state index contributed by atoms with van der Waals surface area (Å²) in [5.41, 5.74) is 0.523. The van der Waals surface area contributed by atoms with Crippen molar-refractivity contribution in [2.45, 2.75) is 79.0 Å². The van der Waals surface area contributed by atoms with Gasteiger partial charge < -0.3 is 18.9 Å². The number of nitrogens with zero attached hydrogens (tertiary/aromatic N) is 1. The molecule has 1 amide bonds. The van der Waals surface area contributed by atoms with Crippen LogP contribution >= 0.6 is 0 Å². The first-order chi connectivity index (χ1) is 13.5. The van der Waals surface area contributed by atoms with Crippen LogP contribution in [0.3, 0.4) is 0 Å². The Morgan fingerprint density at radius 2 is 1.79 bits per heavy atom. The van der Waals surface area contributed by atoms with Crippen LogP contribution < -0.4 is 0 Å². The van der Waals surface area contributed by atoms with Crippen molar-refractivity contribution in [3.05, 3.63) is 35.9 Å². The van der Waals surface area contributed by atoms with E-state index < -0.39 is 11.9 Å². The molecule has 1 fully saturated rings. The van der Waals surface area contributed by atoms with Gasteiger partial charge in [0.2, 0.25) is 0 Å². The fourth-order valence-corrected chi connectivity index (χ4v) is 3.05. The van der Waals surface area contributed by atoms with Crippen molar-refractivity contribution in [3.8, 4) is 0 Å². The molecule has 0 aliphatic carbocycles. The summed E-state index contributed by atoms with van der Waals surface area (Å²) in [5.74, 6) is 0. The van der Waals surface area contributed by atoms with Crippen LogP contribution in [0.2, 0.25) is 0 Å². The number of carbonyl (C=O) groups is 1. The average molecular weight is 408 g/mol. The third-order valence-corrected chi connectivity index (χ3v) is 4.39. The van der Waals surface area contributed by atoms with Gasteiger partial charge in [0.1, 0.15) is 5.60 Å². The molecule has 1 saturated heterocycles. The smallest absolute Gasteiger partial charge is 0.411 e. The first-order valence-corrected chi connectivity index (χ1v) is 10.3. The van der Waals surface area contributed by atoms with E-state index in [9.17, 15) is 4.79 Å². The van der Waals surface area contributed by atoms with Gasteiger partial charge >= 0.3 is 6.09 Å². The van der Waals surface area contributed by atoms with Crippen molar-refractivity contribution in [1.82, 2.24) is 4.90 Å². The SMILES string of the molecule is CC1C(OCC(C)(C)C)OCC(COCc2ccccc2)N1C(=O)OC(C)(C)C. The number of amides is 1. The van der Waals surface area contributed by atoms with Crippen LogP contribution in [0.15, 0.2) is 30.3 Å². The Bertz CT molecular complexity index is 635. The number of rotatable bonds is 6. The molecule has 0 aromatic heterocycles. The van der Waals surface area contributed by atoms with Gasteiger partial charge in [-0.1, -0.05) is 51.1 Å². The lowest BCUT2D eigenvalue weighted by Gasteiger charge is -2.44. The molecular formula is C23H37NO5. The summed E-state index contributed by atoms with van der Waals surface area (Å²) in [6.45, 7) is 15.6. The molecule has 3 atom stereocenters. The Labute approximate surface area is 175 Å². The van der Waals surface area contributed by atoms with E-state index in [1.54, 1.807) is 4.90 Å². The molecule has 1 aromatic rings. The molecule has 1 aliphatic heterocycles. The highest BCUT2D eigenvalue weighted by atomic mass is 16.7. The molecule has 0 radical (unpaired) electrons. The van der Waals surface area contributed by atoms with Crippen molar-refractivity contribution in [3.63, 3.8) is 0 Å². The van der Waals surface area contributed by atoms with Crippen molar-refractivity contribution in [2.75, 3.05) is 19.8 Å². The van der Waals surface area contributed by atoms with Crippen molar-refractivity contribution < 1.29 is 23.7 Å². The van der Waals surface area contributed by atoms with Crippen LogP contribution in [0.4, 0.5) is 4.79 Å². The normalized spacial score (nSPS) is 23.1. The van der Waals surface area contributed by atoms with Crippen molar-refractivity contribution in [2.24, 2.45) is 5.41 Å². The van der Waals surface area contributed by atoms with Crippen LogP contribution in [0.5, 0.6) is 0 Å². The van der Waals surface area contributed by atoms with E-state index >= 15 is 0 Å². The standard InChI is InChI=1S/C23H37NO5/c1-17-20(28-16-22(2,3)4)27-15-19(24(17)21(25)29-23(5,6)7)14-26-13-18-11-9-8-10-12-18/h8-12,17,19-20H,13-16H2,1-7H3. The monoisotopic (exact) mass is 407 g/mol. The van der Waals surface area contributed by atoms with Gasteiger partial charge in [-0.25, -0.2) is 4.79 Å². The van der Waals surface area contributed by atoms with Gasteiger partial charge in [-0.05, 0) is 38.7 Å². The zero-order valence-electron chi connectivity index (χ0n) is 18.9. The van der Waals surface area contributed by atoms with Gasteiger partial charge in [0, 0.05) is 0 Å². The lowest BCUT2D eigenvalue weighted by Crippen LogP contribution is -2.60. The van der Waals surface area contributed by atoms with Gasteiger partial charge in [0.05, 0.1) is 38.5 Å². The number of hydrogen-bond acceptors (Lipinski definition) is 5. The average Bonchev–Trinajstić information content (AvgIpc) is 2.59. The van der Waals surface area contributed by atoms with Crippen molar-refractivity contribution >= 4 is 6.09 Å². The Morgan fingerprint density at radius 1 is 1.14 bits per heavy atom. The second kappa shape index (κ2) is 9.92. The zero-order valence-corrected chi connectivity index (χ0v) is 18.9. The minimum atomic E-state index is -0.577. The number of hydrogen-bond donors (Lipinski definition) is 0. The molecule has 0 saturated carbocycles. The first-order valence-electron chi connectivity index (χ1n) is 10.3. The largest absolute Gasteiger partial charge is 0.444 e. The Balaban J connectivity index is 2.04. The molecule has 1 aromatic carbocycles. The molecule has 1 aliphatic rings. The fraction of sp³-hybridized carbons (Fsp3) is 0.696. The summed E-state index contributed by atoms with van der Waals surface area (Å²) < 4.78 is 23.5. The van der Waals surface area contributed by atoms with E-state index in [0.717, 1.165) is 5.56 Å². The molecule has 29 heavy (non-hydrogen) atoms. The molecule has 3 unspecified atom stereocenters. The van der Waals surface area contributed by atoms with Gasteiger partial charge in [-0.2, -0.15) is 0 Å². The zero-order chi connectivity index (χ0) is 21.7. The molecule has 0 bridgehead atoms. The van der Waals surface area contributed by atoms with E-state index in [1.165, 1.54) is 0 Å². The predicted molar refractivity (Wildman–Crippen MR) is 113 cm³/mol. The van der Waals surface area contributed by atoms with Crippen molar-refractivity contribution in [1.29, 1.82) is 0 Å². The maximum Gasteiger partial charge on any atom is 0.411 e. The summed E-state index contributed by atoms with van der Waals surface area (Å²) in [7, 11) is 0. The fourth-order valence-electron chi connectivity index (χ4n) is 3.05. The van der Waals surface area contributed by atoms with Gasteiger partial charge in [-0.3, -0.25) is 4.90 Å². The summed E-state index contributed by atoms with van der Waals surface area (Å²) in [5, 5.41) is 0. The highest BCUT2D eigenvalue weighted by Crippen LogP contribution is 2.25. The summed E-state index contributed by atoms with van der Waals surface area (Å²) in [4.78, 5) is 14.7. The van der Waals surface area contributed by atoms with E-state index in [1.807, 2.05) is 58.0 Å². The lowest BCUT2D eigenvalue weighted by atomic mass is 9.98. The third-order valence-electron chi connectivity index (χ3n) is 4.39. The molecule has 2 rings (SSSR count). The molecule has 1 heterocycles. The second-order valence-electron chi connectivity index (χ2n) is 9.86. The Hall–Kier alpha value is -1.63. The maximum atomic E-state index is 13.0. The highest BCUT2D eigenvalue weighted by Gasteiger charge is 2.41. The van der Waals surface area contributed by atoms with E-state index in [-0.39, 0.29) is 23.6 Å². The van der Waals surface area contributed by atoms with Crippen LogP contribution in [0.25, 0.3) is 0 Å². The molecule has 6 nitrogen and oxygen atoms in total. The van der Waals surface area contributed by atoms with Crippen LogP contribution in [0.1, 0.15) is 54.0 Å². The summed E-state index contributed by atoms with van der Waals surface area (Å²) in [6.07, 6.45) is -0.863. The number of morpholine rings is 1. The molecule has 6 heteroatoms. The van der Waals surface area contributed by atoms with E-state index in [0.29, 0.717) is 26.4 Å². The van der Waals surface area contributed by atoms with Crippen LogP contribution in [0, 0.1) is 5.41 Å². The molecule has 164 valence electrons. The lowest BCUT2D eigenvalue weighted by molar-refractivity contribution is -0.228. The minimum absolute atomic E-state index is 0.00940. The summed E-state index contributed by atoms with van der Waals surface area (Å²) >= 11 is 0. The molecule has 0 N–H and O–H groups in total. The van der Waals surface area contributed by atoms with Crippen LogP contribution in [-0.4, -0.2) is 54.8 Å². The Kier molecular flexibility index (Phi) is 8.09. The molecule has 0 spiro atoms. The van der Waals surface area contributed by atoms with E-state index in [4.69, 9.17) is 18.9 Å². The van der Waals surface area contributed by atoms with E-state index in [2.05, 4.69) is 20.8 Å². The van der Waals surface area contributed by atoms with Gasteiger partial charge in [0.15, 0.2) is 6.29 Å². The predicted octanol–water partition coefficient (Wildman–Crippen LogP) is 4.62. The van der Waals surface area contributed by atoms with Gasteiger partial charge in [0.25, 0.3) is 0 Å². The maximum absolute atomic E-state index is 13.0.